The molecule has 0 N–H and O–H groups in total. The molecule has 1 saturated heterocycles. The molecule has 1 aromatic rings. The molecule has 6 fully saturated rings. The van der Waals surface area contributed by atoms with Gasteiger partial charge in [0.25, 0.3) is 0 Å². The standard InChI is InChI=1S/C36H54N2O2/c1-22-24(20-37-38(22)9)18-23-19-33(6)26(32(4,5)29(23)39)12-13-35(8)27(33)11-10-25-28-30-31(2,3)14-16-36(28,21-40-30)17-15-34(25,35)7/h18,20,25-28,30H,10-17,19,21H2,1-9H3/b23-18+/t25-,26+,27+,28-,30+,33-,34+,35+,36+/m0/s1. The number of fused-ring (bicyclic) bond motifs is 5. The van der Waals surface area contributed by atoms with Crippen LogP contribution >= 0.6 is 0 Å². The summed E-state index contributed by atoms with van der Waals surface area (Å²) in [7, 11) is 1.99. The molecular weight excluding hydrogens is 492 g/mol. The van der Waals surface area contributed by atoms with Gasteiger partial charge >= 0.3 is 0 Å². The highest BCUT2D eigenvalue weighted by Crippen LogP contribution is 2.78. The Kier molecular flexibility index (Phi) is 5.58. The van der Waals surface area contributed by atoms with Crippen LogP contribution in [0.25, 0.3) is 6.08 Å². The number of ketones is 1. The van der Waals surface area contributed by atoms with Crippen LogP contribution in [-0.2, 0) is 16.6 Å². The molecule has 1 aliphatic heterocycles. The van der Waals surface area contributed by atoms with Crippen LogP contribution in [0.5, 0.6) is 0 Å². The summed E-state index contributed by atoms with van der Waals surface area (Å²) in [5.41, 5.74) is 4.46. The number of Topliss-reactive ketones (excluding diaryl/α,β-unsaturated/α-hetero) is 1. The third kappa shape index (κ3) is 3.18. The maximum atomic E-state index is 14.1. The van der Waals surface area contributed by atoms with Gasteiger partial charge in [-0.15, -0.1) is 0 Å². The SMILES string of the molecule is Cc1c(/C=C2\C[C@@]3(C)[C@H](CC[C@]4(C)[C@@H]3CC[C@H]3[C@H]5[C@H]6OC[C@@]5(CCC6(C)C)CC[C@]34C)C(C)(C)C2=O)cnn1C. The average molecular weight is 547 g/mol. The molecular formula is C36H54N2O2. The minimum absolute atomic E-state index is 0.136. The summed E-state index contributed by atoms with van der Waals surface area (Å²) in [4.78, 5) is 14.1. The summed E-state index contributed by atoms with van der Waals surface area (Å²) < 4.78 is 8.69. The van der Waals surface area contributed by atoms with E-state index in [4.69, 9.17) is 4.74 Å². The molecule has 6 aliphatic rings. The third-order valence-corrected chi connectivity index (χ3v) is 15.3. The molecule has 2 heterocycles. The monoisotopic (exact) mass is 546 g/mol. The van der Waals surface area contributed by atoms with Crippen LogP contribution in [0, 0.1) is 63.1 Å². The second kappa shape index (κ2) is 8.14. The molecule has 5 aliphatic carbocycles. The van der Waals surface area contributed by atoms with E-state index in [0.29, 0.717) is 45.4 Å². The summed E-state index contributed by atoms with van der Waals surface area (Å²) in [6, 6.07) is 0. The van der Waals surface area contributed by atoms with Gasteiger partial charge in [0.2, 0.25) is 0 Å². The lowest BCUT2D eigenvalue weighted by molar-refractivity contribution is -0.236. The number of hydrogen-bond donors (Lipinski definition) is 0. The first-order valence-electron chi connectivity index (χ1n) is 16.5. The van der Waals surface area contributed by atoms with E-state index in [0.717, 1.165) is 41.7 Å². The van der Waals surface area contributed by atoms with E-state index in [9.17, 15) is 4.79 Å². The van der Waals surface area contributed by atoms with E-state index < -0.39 is 0 Å². The lowest BCUT2D eigenvalue weighted by Gasteiger charge is -2.73. The Labute approximate surface area is 243 Å². The first-order valence-corrected chi connectivity index (χ1v) is 16.5. The van der Waals surface area contributed by atoms with Crippen LogP contribution < -0.4 is 0 Å². The molecule has 40 heavy (non-hydrogen) atoms. The van der Waals surface area contributed by atoms with Crippen molar-refractivity contribution in [3.05, 3.63) is 23.0 Å². The van der Waals surface area contributed by atoms with Gasteiger partial charge in [-0.3, -0.25) is 9.48 Å². The molecule has 5 saturated carbocycles. The highest BCUT2D eigenvalue weighted by molar-refractivity contribution is 6.04. The number of aromatic nitrogens is 2. The quantitative estimate of drug-likeness (QED) is 0.334. The van der Waals surface area contributed by atoms with E-state index in [1.165, 1.54) is 51.4 Å². The van der Waals surface area contributed by atoms with E-state index in [-0.39, 0.29) is 10.8 Å². The van der Waals surface area contributed by atoms with Crippen molar-refractivity contribution in [2.24, 2.45) is 63.2 Å². The van der Waals surface area contributed by atoms with Crippen LogP contribution in [0.15, 0.2) is 11.8 Å². The Morgan fingerprint density at radius 1 is 0.925 bits per heavy atom. The molecule has 7 rings (SSSR count). The normalized spacial score (nSPS) is 49.7. The van der Waals surface area contributed by atoms with Gasteiger partial charge in [0, 0.05) is 23.7 Å². The zero-order valence-corrected chi connectivity index (χ0v) is 26.8. The zero-order chi connectivity index (χ0) is 28.7. The molecule has 0 amide bonds. The number of aryl methyl sites for hydroxylation is 1. The fourth-order valence-electron chi connectivity index (χ4n) is 12.8. The van der Waals surface area contributed by atoms with Crippen molar-refractivity contribution < 1.29 is 9.53 Å². The number of carbonyl (C=O) groups excluding carboxylic acids is 1. The first kappa shape index (κ1) is 27.4. The van der Waals surface area contributed by atoms with Crippen LogP contribution in [0.2, 0.25) is 0 Å². The lowest BCUT2D eigenvalue weighted by Crippen LogP contribution is -2.67. The topological polar surface area (TPSA) is 44.1 Å². The Balaban J connectivity index is 1.28. The number of allylic oxidation sites excluding steroid dienone is 1. The van der Waals surface area contributed by atoms with Crippen molar-refractivity contribution >= 4 is 11.9 Å². The molecule has 1 aromatic heterocycles. The highest BCUT2D eigenvalue weighted by atomic mass is 16.5. The average Bonchev–Trinajstić information content (AvgIpc) is 3.39. The van der Waals surface area contributed by atoms with Crippen LogP contribution in [0.4, 0.5) is 0 Å². The van der Waals surface area contributed by atoms with Gasteiger partial charge in [-0.2, -0.15) is 5.10 Å². The minimum Gasteiger partial charge on any atom is -0.377 e. The first-order chi connectivity index (χ1) is 18.6. The molecule has 220 valence electrons. The summed E-state index contributed by atoms with van der Waals surface area (Å²) in [5.74, 6) is 2.96. The fourth-order valence-corrected chi connectivity index (χ4v) is 12.8. The Bertz CT molecular complexity index is 1290. The van der Waals surface area contributed by atoms with Gasteiger partial charge in [0.15, 0.2) is 5.78 Å². The van der Waals surface area contributed by atoms with Crippen LogP contribution in [0.1, 0.15) is 118 Å². The van der Waals surface area contributed by atoms with Gasteiger partial charge in [-0.1, -0.05) is 48.5 Å². The smallest absolute Gasteiger partial charge is 0.164 e. The second-order valence-electron chi connectivity index (χ2n) is 17.5. The number of rotatable bonds is 1. The molecule has 4 heteroatoms. The third-order valence-electron chi connectivity index (χ3n) is 15.3. The molecule has 0 radical (unpaired) electrons. The molecule has 0 spiro atoms. The summed E-state index contributed by atoms with van der Waals surface area (Å²) in [5, 5.41) is 4.48. The summed E-state index contributed by atoms with van der Waals surface area (Å²) >= 11 is 0. The molecule has 0 aromatic carbocycles. The van der Waals surface area contributed by atoms with E-state index >= 15 is 0 Å². The van der Waals surface area contributed by atoms with Gasteiger partial charge in [-0.05, 0) is 127 Å². The van der Waals surface area contributed by atoms with Crippen molar-refractivity contribution in [2.45, 2.75) is 119 Å². The Morgan fingerprint density at radius 3 is 2.35 bits per heavy atom. The van der Waals surface area contributed by atoms with Gasteiger partial charge in [-0.25, -0.2) is 0 Å². The molecule has 0 unspecified atom stereocenters. The predicted octanol–water partition coefficient (Wildman–Crippen LogP) is 8.18. The van der Waals surface area contributed by atoms with E-state index in [1.54, 1.807) is 0 Å². The van der Waals surface area contributed by atoms with E-state index in [2.05, 4.69) is 66.6 Å². The summed E-state index contributed by atoms with van der Waals surface area (Å²) in [6.45, 7) is 20.6. The van der Waals surface area contributed by atoms with Crippen molar-refractivity contribution in [3.63, 3.8) is 0 Å². The Morgan fingerprint density at radius 2 is 1.65 bits per heavy atom. The molecule has 4 nitrogen and oxygen atoms in total. The largest absolute Gasteiger partial charge is 0.377 e. The van der Waals surface area contributed by atoms with Crippen LogP contribution in [0.3, 0.4) is 0 Å². The van der Waals surface area contributed by atoms with Crippen molar-refractivity contribution in [3.8, 4) is 0 Å². The number of hydrogen-bond acceptors (Lipinski definition) is 3. The number of nitrogens with zero attached hydrogens (tertiary/aromatic N) is 2. The van der Waals surface area contributed by atoms with Gasteiger partial charge < -0.3 is 4.74 Å². The lowest BCUT2D eigenvalue weighted by atomic mass is 9.31. The minimum atomic E-state index is -0.328. The Hall–Kier alpha value is -1.42. The maximum absolute atomic E-state index is 14.1. The molecule has 2 bridgehead atoms. The highest BCUT2D eigenvalue weighted by Gasteiger charge is 2.73. The second-order valence-corrected chi connectivity index (χ2v) is 17.5. The van der Waals surface area contributed by atoms with E-state index in [1.807, 2.05) is 17.9 Å². The van der Waals surface area contributed by atoms with Crippen molar-refractivity contribution in [1.82, 2.24) is 9.78 Å². The number of carbonyl (C=O) groups is 1. The fraction of sp³-hybridized carbons (Fsp3) is 0.833. The predicted molar refractivity (Wildman–Crippen MR) is 160 cm³/mol. The number of ether oxygens (including phenoxy) is 1. The van der Waals surface area contributed by atoms with Crippen molar-refractivity contribution in [1.29, 1.82) is 0 Å². The van der Waals surface area contributed by atoms with Crippen molar-refractivity contribution in [2.75, 3.05) is 6.61 Å². The van der Waals surface area contributed by atoms with Gasteiger partial charge in [0.05, 0.1) is 18.9 Å². The summed E-state index contributed by atoms with van der Waals surface area (Å²) in [6.07, 6.45) is 16.0. The van der Waals surface area contributed by atoms with Crippen LogP contribution in [-0.4, -0.2) is 28.3 Å². The maximum Gasteiger partial charge on any atom is 0.164 e. The zero-order valence-electron chi connectivity index (χ0n) is 26.8. The molecule has 9 atom stereocenters. The van der Waals surface area contributed by atoms with Gasteiger partial charge in [0.1, 0.15) is 0 Å².